The standard InChI is InChI=1S/C14H18ClNO2S/c1-3-4-9-19(18)11-14(17)16(2)10-12-5-7-13(15)8-6-12/h3-8H,9-11H2,1-2H3/b4-3+. The van der Waals surface area contributed by atoms with Crippen LogP contribution in [-0.4, -0.2) is 33.6 Å². The van der Waals surface area contributed by atoms with Gasteiger partial charge in [0.1, 0.15) is 5.75 Å². The molecule has 0 aliphatic rings. The number of benzene rings is 1. The fourth-order valence-electron chi connectivity index (χ4n) is 1.46. The van der Waals surface area contributed by atoms with Crippen LogP contribution in [0.3, 0.4) is 0 Å². The number of halogens is 1. The highest BCUT2D eigenvalue weighted by molar-refractivity contribution is 7.85. The maximum absolute atomic E-state index is 11.9. The molecular weight excluding hydrogens is 282 g/mol. The van der Waals surface area contributed by atoms with E-state index in [4.69, 9.17) is 11.6 Å². The number of hydrogen-bond acceptors (Lipinski definition) is 2. The number of allylic oxidation sites excluding steroid dienone is 1. The van der Waals surface area contributed by atoms with Gasteiger partial charge in [0.05, 0.1) is 0 Å². The summed E-state index contributed by atoms with van der Waals surface area (Å²) in [5.74, 6) is 0.378. The van der Waals surface area contributed by atoms with Crippen LogP contribution in [0.2, 0.25) is 5.02 Å². The van der Waals surface area contributed by atoms with Crippen molar-refractivity contribution in [2.75, 3.05) is 18.6 Å². The lowest BCUT2D eigenvalue weighted by Gasteiger charge is -2.17. The molecule has 0 N–H and O–H groups in total. The maximum atomic E-state index is 11.9. The van der Waals surface area contributed by atoms with Gasteiger partial charge in [-0.1, -0.05) is 35.9 Å². The zero-order chi connectivity index (χ0) is 14.3. The highest BCUT2D eigenvalue weighted by Crippen LogP contribution is 2.11. The summed E-state index contributed by atoms with van der Waals surface area (Å²) in [5, 5.41) is 0.671. The topological polar surface area (TPSA) is 37.4 Å². The van der Waals surface area contributed by atoms with E-state index in [9.17, 15) is 9.00 Å². The average molecular weight is 300 g/mol. The average Bonchev–Trinajstić information content (AvgIpc) is 2.39. The Kier molecular flexibility index (Phi) is 6.81. The molecule has 0 fully saturated rings. The largest absolute Gasteiger partial charge is 0.341 e. The summed E-state index contributed by atoms with van der Waals surface area (Å²) < 4.78 is 11.6. The van der Waals surface area contributed by atoms with Crippen LogP contribution in [0.5, 0.6) is 0 Å². The molecule has 1 atom stereocenters. The third kappa shape index (κ3) is 6.03. The predicted octanol–water partition coefficient (Wildman–Crippen LogP) is 2.62. The summed E-state index contributed by atoms with van der Waals surface area (Å²) in [4.78, 5) is 13.5. The van der Waals surface area contributed by atoms with Crippen molar-refractivity contribution >= 4 is 28.3 Å². The van der Waals surface area contributed by atoms with Gasteiger partial charge in [0.2, 0.25) is 5.91 Å². The Morgan fingerprint density at radius 1 is 1.37 bits per heavy atom. The van der Waals surface area contributed by atoms with Gasteiger partial charge in [-0.25, -0.2) is 0 Å². The first kappa shape index (κ1) is 15.9. The first-order valence-corrected chi connectivity index (χ1v) is 7.84. The molecule has 0 bridgehead atoms. The minimum Gasteiger partial charge on any atom is -0.341 e. The molecule has 104 valence electrons. The Morgan fingerprint density at radius 3 is 2.58 bits per heavy atom. The minimum absolute atomic E-state index is 0.0639. The third-order valence-corrected chi connectivity index (χ3v) is 3.95. The van der Waals surface area contributed by atoms with Crippen LogP contribution in [0.15, 0.2) is 36.4 Å². The highest BCUT2D eigenvalue weighted by Gasteiger charge is 2.12. The molecule has 0 aromatic heterocycles. The smallest absolute Gasteiger partial charge is 0.235 e. The van der Waals surface area contributed by atoms with Crippen molar-refractivity contribution in [1.29, 1.82) is 0 Å². The van der Waals surface area contributed by atoms with E-state index < -0.39 is 10.8 Å². The van der Waals surface area contributed by atoms with Crippen LogP contribution in [0.1, 0.15) is 12.5 Å². The van der Waals surface area contributed by atoms with Crippen molar-refractivity contribution in [3.8, 4) is 0 Å². The molecule has 3 nitrogen and oxygen atoms in total. The molecule has 0 heterocycles. The van der Waals surface area contributed by atoms with E-state index in [0.717, 1.165) is 5.56 Å². The third-order valence-electron chi connectivity index (χ3n) is 2.56. The van der Waals surface area contributed by atoms with E-state index in [-0.39, 0.29) is 11.7 Å². The second kappa shape index (κ2) is 8.12. The Morgan fingerprint density at radius 2 is 2.00 bits per heavy atom. The van der Waals surface area contributed by atoms with E-state index in [1.165, 1.54) is 0 Å². The summed E-state index contributed by atoms with van der Waals surface area (Å²) in [6, 6.07) is 7.34. The zero-order valence-electron chi connectivity index (χ0n) is 11.1. The van der Waals surface area contributed by atoms with Crippen LogP contribution in [0.25, 0.3) is 0 Å². The van der Waals surface area contributed by atoms with Crippen molar-refractivity contribution in [2.24, 2.45) is 0 Å². The molecule has 1 aromatic rings. The summed E-state index contributed by atoms with van der Waals surface area (Å²) in [6.45, 7) is 2.36. The lowest BCUT2D eigenvalue weighted by molar-refractivity contribution is -0.127. The molecule has 0 aliphatic carbocycles. The number of rotatable bonds is 6. The van der Waals surface area contributed by atoms with E-state index in [2.05, 4.69) is 0 Å². The predicted molar refractivity (Wildman–Crippen MR) is 80.6 cm³/mol. The number of nitrogens with zero attached hydrogens (tertiary/aromatic N) is 1. The summed E-state index contributed by atoms with van der Waals surface area (Å²) >= 11 is 5.80. The van der Waals surface area contributed by atoms with Gasteiger partial charge < -0.3 is 4.90 Å². The first-order valence-electron chi connectivity index (χ1n) is 5.97. The maximum Gasteiger partial charge on any atom is 0.235 e. The molecular formula is C14H18ClNO2S. The van der Waals surface area contributed by atoms with Crippen molar-refractivity contribution in [2.45, 2.75) is 13.5 Å². The molecule has 19 heavy (non-hydrogen) atoms. The number of carbonyl (C=O) groups is 1. The number of hydrogen-bond donors (Lipinski definition) is 0. The van der Waals surface area contributed by atoms with Gasteiger partial charge >= 0.3 is 0 Å². The fraction of sp³-hybridized carbons (Fsp3) is 0.357. The van der Waals surface area contributed by atoms with E-state index in [0.29, 0.717) is 17.3 Å². The number of carbonyl (C=O) groups excluding carboxylic acids is 1. The van der Waals surface area contributed by atoms with Gasteiger partial charge in [0, 0.05) is 35.2 Å². The molecule has 0 spiro atoms. The van der Waals surface area contributed by atoms with Crippen LogP contribution in [0, 0.1) is 0 Å². The van der Waals surface area contributed by atoms with Crippen LogP contribution in [-0.2, 0) is 22.1 Å². The molecule has 5 heteroatoms. The molecule has 0 radical (unpaired) electrons. The second-order valence-electron chi connectivity index (χ2n) is 4.20. The van der Waals surface area contributed by atoms with Gasteiger partial charge in [-0.15, -0.1) is 0 Å². The lowest BCUT2D eigenvalue weighted by atomic mass is 10.2. The van der Waals surface area contributed by atoms with Crippen LogP contribution in [0.4, 0.5) is 0 Å². The molecule has 0 aliphatic heterocycles. The molecule has 1 amide bonds. The summed E-state index contributed by atoms with van der Waals surface area (Å²) in [5.41, 5.74) is 1.000. The van der Waals surface area contributed by atoms with Gasteiger partial charge in [0.25, 0.3) is 0 Å². The monoisotopic (exact) mass is 299 g/mol. The van der Waals surface area contributed by atoms with Crippen molar-refractivity contribution in [3.05, 3.63) is 47.0 Å². The van der Waals surface area contributed by atoms with Crippen molar-refractivity contribution in [3.63, 3.8) is 0 Å². The second-order valence-corrected chi connectivity index (χ2v) is 6.13. The molecule has 0 saturated heterocycles. The molecule has 1 unspecified atom stereocenters. The SMILES string of the molecule is C/C=C/CS(=O)CC(=O)N(C)Cc1ccc(Cl)cc1. The van der Waals surface area contributed by atoms with Gasteiger partial charge in [0.15, 0.2) is 0 Å². The van der Waals surface area contributed by atoms with Gasteiger partial charge in [-0.2, -0.15) is 0 Å². The van der Waals surface area contributed by atoms with Crippen LogP contribution < -0.4 is 0 Å². The summed E-state index contributed by atoms with van der Waals surface area (Å²) in [6.07, 6.45) is 3.64. The van der Waals surface area contributed by atoms with Crippen molar-refractivity contribution < 1.29 is 9.00 Å². The molecule has 0 saturated carbocycles. The Labute approximate surface area is 121 Å². The molecule has 1 aromatic carbocycles. The van der Waals surface area contributed by atoms with Crippen LogP contribution >= 0.6 is 11.6 Å². The normalized spacial score (nSPS) is 12.6. The Bertz CT molecular complexity index is 471. The lowest BCUT2D eigenvalue weighted by Crippen LogP contribution is -2.30. The van der Waals surface area contributed by atoms with E-state index >= 15 is 0 Å². The first-order chi connectivity index (χ1) is 9.02. The highest BCUT2D eigenvalue weighted by atomic mass is 35.5. The van der Waals surface area contributed by atoms with Gasteiger partial charge in [-0.05, 0) is 24.6 Å². The Hall–Kier alpha value is -1.13. The Balaban J connectivity index is 2.48. The van der Waals surface area contributed by atoms with Crippen molar-refractivity contribution in [1.82, 2.24) is 4.90 Å². The molecule has 1 rings (SSSR count). The van der Waals surface area contributed by atoms with E-state index in [1.807, 2.05) is 31.2 Å². The quantitative estimate of drug-likeness (QED) is 0.757. The van der Waals surface area contributed by atoms with E-state index in [1.54, 1.807) is 24.1 Å². The van der Waals surface area contributed by atoms with Gasteiger partial charge in [-0.3, -0.25) is 9.00 Å². The summed E-state index contributed by atoms with van der Waals surface area (Å²) in [7, 11) is 0.581. The minimum atomic E-state index is -1.13. The number of amides is 1. The zero-order valence-corrected chi connectivity index (χ0v) is 12.7. The fourth-order valence-corrected chi connectivity index (χ4v) is 2.61.